The molecule has 90 valence electrons. The van der Waals surface area contributed by atoms with E-state index in [-0.39, 0.29) is 5.82 Å². The molecule has 0 atom stereocenters. The van der Waals surface area contributed by atoms with Crippen LogP contribution in [0.25, 0.3) is 22.4 Å². The molecule has 2 aromatic carbocycles. The first-order chi connectivity index (χ1) is 8.63. The van der Waals surface area contributed by atoms with Gasteiger partial charge in [-0.25, -0.2) is 9.37 Å². The van der Waals surface area contributed by atoms with Crippen LogP contribution in [0.15, 0.2) is 45.3 Å². The van der Waals surface area contributed by atoms with E-state index in [2.05, 4.69) is 41.8 Å². The van der Waals surface area contributed by atoms with Crippen LogP contribution >= 0.6 is 31.9 Å². The number of H-pyrrole nitrogens is 1. The number of hydrogen-bond acceptors (Lipinski definition) is 1. The number of aromatic nitrogens is 2. The summed E-state index contributed by atoms with van der Waals surface area (Å²) >= 11 is 6.85. The molecule has 5 heteroatoms. The van der Waals surface area contributed by atoms with Gasteiger partial charge in [0.25, 0.3) is 0 Å². The first-order valence-corrected chi connectivity index (χ1v) is 6.83. The third-order valence-electron chi connectivity index (χ3n) is 2.60. The van der Waals surface area contributed by atoms with Gasteiger partial charge in [0.15, 0.2) is 5.82 Å². The molecule has 1 N–H and O–H groups in total. The second-order valence-electron chi connectivity index (χ2n) is 3.88. The summed E-state index contributed by atoms with van der Waals surface area (Å²) in [4.78, 5) is 7.41. The molecule has 3 rings (SSSR count). The largest absolute Gasteiger partial charge is 0.338 e. The summed E-state index contributed by atoms with van der Waals surface area (Å²) in [6.07, 6.45) is 0. The monoisotopic (exact) mass is 368 g/mol. The molecule has 0 aliphatic rings. The number of para-hydroxylation sites is 1. The highest BCUT2D eigenvalue weighted by Gasteiger charge is 2.09. The summed E-state index contributed by atoms with van der Waals surface area (Å²) in [5, 5.41) is 0. The molecule has 0 saturated heterocycles. The molecule has 0 amide bonds. The summed E-state index contributed by atoms with van der Waals surface area (Å²) in [7, 11) is 0. The Balaban J connectivity index is 2.22. The van der Waals surface area contributed by atoms with E-state index in [1.807, 2.05) is 24.3 Å². The first-order valence-electron chi connectivity index (χ1n) is 5.24. The van der Waals surface area contributed by atoms with Crippen molar-refractivity contribution in [1.82, 2.24) is 9.97 Å². The zero-order valence-electron chi connectivity index (χ0n) is 9.05. The number of nitrogens with zero attached hydrogens (tertiary/aromatic N) is 1. The fraction of sp³-hybridized carbons (Fsp3) is 0. The normalized spacial score (nSPS) is 11.1. The Hall–Kier alpha value is -1.20. The number of halogens is 3. The topological polar surface area (TPSA) is 28.7 Å². The number of nitrogens with one attached hydrogen (secondary N) is 1. The third kappa shape index (κ3) is 2.08. The number of rotatable bonds is 1. The van der Waals surface area contributed by atoms with Crippen molar-refractivity contribution < 1.29 is 4.39 Å². The summed E-state index contributed by atoms with van der Waals surface area (Å²) in [5.74, 6) is 0.334. The highest BCUT2D eigenvalue weighted by molar-refractivity contribution is 9.11. The first kappa shape index (κ1) is 11.9. The van der Waals surface area contributed by atoms with Crippen LogP contribution in [0.3, 0.4) is 0 Å². The average molecular weight is 370 g/mol. The van der Waals surface area contributed by atoms with Crippen LogP contribution < -0.4 is 0 Å². The molecule has 0 saturated carbocycles. The van der Waals surface area contributed by atoms with E-state index in [1.165, 1.54) is 6.07 Å². The Morgan fingerprint density at radius 1 is 1.06 bits per heavy atom. The van der Waals surface area contributed by atoms with Gasteiger partial charge in [-0.3, -0.25) is 0 Å². The molecule has 0 radical (unpaired) electrons. The number of fused-ring (bicyclic) bond motifs is 1. The van der Waals surface area contributed by atoms with Crippen molar-refractivity contribution >= 4 is 42.9 Å². The second kappa shape index (κ2) is 4.48. The number of aromatic amines is 1. The third-order valence-corrected chi connectivity index (χ3v) is 3.52. The summed E-state index contributed by atoms with van der Waals surface area (Å²) in [6, 6.07) is 10.7. The van der Waals surface area contributed by atoms with E-state index >= 15 is 0 Å². The van der Waals surface area contributed by atoms with Gasteiger partial charge in [0, 0.05) is 14.5 Å². The minimum absolute atomic E-state index is 0.316. The van der Waals surface area contributed by atoms with E-state index in [9.17, 15) is 4.39 Å². The minimum Gasteiger partial charge on any atom is -0.338 e. The van der Waals surface area contributed by atoms with E-state index in [1.54, 1.807) is 6.07 Å². The SMILES string of the molecule is Fc1cccc2[nH]c(-c3cc(Br)cc(Br)c3)nc12. The van der Waals surface area contributed by atoms with Gasteiger partial charge in [-0.1, -0.05) is 37.9 Å². The zero-order valence-corrected chi connectivity index (χ0v) is 12.2. The van der Waals surface area contributed by atoms with Crippen LogP contribution in [0.4, 0.5) is 4.39 Å². The quantitative estimate of drug-likeness (QED) is 0.649. The Labute approximate surface area is 119 Å². The fourth-order valence-electron chi connectivity index (χ4n) is 1.82. The Morgan fingerprint density at radius 2 is 1.78 bits per heavy atom. The molecule has 1 aromatic heterocycles. The van der Waals surface area contributed by atoms with Gasteiger partial charge in [-0.15, -0.1) is 0 Å². The molecule has 18 heavy (non-hydrogen) atoms. The molecule has 0 spiro atoms. The summed E-state index contributed by atoms with van der Waals surface area (Å²) < 4.78 is 15.4. The van der Waals surface area contributed by atoms with Crippen molar-refractivity contribution in [2.75, 3.05) is 0 Å². The van der Waals surface area contributed by atoms with Crippen molar-refractivity contribution in [2.45, 2.75) is 0 Å². The summed E-state index contributed by atoms with van der Waals surface area (Å²) in [5.41, 5.74) is 1.96. The van der Waals surface area contributed by atoms with Gasteiger partial charge in [-0.05, 0) is 30.3 Å². The van der Waals surface area contributed by atoms with E-state index < -0.39 is 0 Å². The molecule has 0 bridgehead atoms. The molecule has 0 fully saturated rings. The Morgan fingerprint density at radius 3 is 2.44 bits per heavy atom. The fourth-order valence-corrected chi connectivity index (χ4v) is 3.12. The van der Waals surface area contributed by atoms with Gasteiger partial charge in [-0.2, -0.15) is 0 Å². The van der Waals surface area contributed by atoms with Gasteiger partial charge in [0.2, 0.25) is 0 Å². The van der Waals surface area contributed by atoms with Crippen molar-refractivity contribution in [3.8, 4) is 11.4 Å². The maximum absolute atomic E-state index is 13.6. The van der Waals surface area contributed by atoms with Crippen molar-refractivity contribution in [3.63, 3.8) is 0 Å². The van der Waals surface area contributed by atoms with Gasteiger partial charge in [0.1, 0.15) is 11.3 Å². The molecule has 0 aliphatic heterocycles. The average Bonchev–Trinajstić information content (AvgIpc) is 2.73. The molecule has 3 aromatic rings. The lowest BCUT2D eigenvalue weighted by atomic mass is 10.2. The van der Waals surface area contributed by atoms with Crippen LogP contribution in [-0.4, -0.2) is 9.97 Å². The van der Waals surface area contributed by atoms with E-state index in [0.29, 0.717) is 16.9 Å². The maximum atomic E-state index is 13.6. The summed E-state index contributed by atoms with van der Waals surface area (Å²) in [6.45, 7) is 0. The molecular formula is C13H7Br2FN2. The number of hydrogen-bond donors (Lipinski definition) is 1. The van der Waals surface area contributed by atoms with Crippen LogP contribution in [0.2, 0.25) is 0 Å². The van der Waals surface area contributed by atoms with Crippen molar-refractivity contribution in [2.24, 2.45) is 0 Å². The minimum atomic E-state index is -0.316. The van der Waals surface area contributed by atoms with Gasteiger partial charge in [0.05, 0.1) is 5.52 Å². The van der Waals surface area contributed by atoms with E-state index in [4.69, 9.17) is 0 Å². The lowest BCUT2D eigenvalue weighted by Crippen LogP contribution is -1.81. The van der Waals surface area contributed by atoms with Gasteiger partial charge < -0.3 is 4.98 Å². The van der Waals surface area contributed by atoms with Crippen molar-refractivity contribution in [3.05, 3.63) is 51.2 Å². The molecular weight excluding hydrogens is 363 g/mol. The van der Waals surface area contributed by atoms with Crippen molar-refractivity contribution in [1.29, 1.82) is 0 Å². The maximum Gasteiger partial charge on any atom is 0.151 e. The number of imidazole rings is 1. The second-order valence-corrected chi connectivity index (χ2v) is 5.71. The van der Waals surface area contributed by atoms with Gasteiger partial charge >= 0.3 is 0 Å². The lowest BCUT2D eigenvalue weighted by Gasteiger charge is -1.99. The van der Waals surface area contributed by atoms with Crippen LogP contribution in [0.1, 0.15) is 0 Å². The van der Waals surface area contributed by atoms with Crippen LogP contribution in [0.5, 0.6) is 0 Å². The predicted molar refractivity (Wildman–Crippen MR) is 76.9 cm³/mol. The number of benzene rings is 2. The van der Waals surface area contributed by atoms with E-state index in [0.717, 1.165) is 14.5 Å². The van der Waals surface area contributed by atoms with Crippen LogP contribution in [0, 0.1) is 5.82 Å². The Bertz CT molecular complexity index is 717. The van der Waals surface area contributed by atoms with Crippen LogP contribution in [-0.2, 0) is 0 Å². The lowest BCUT2D eigenvalue weighted by molar-refractivity contribution is 0.637. The molecule has 1 heterocycles. The molecule has 2 nitrogen and oxygen atoms in total. The Kier molecular flexibility index (Phi) is 2.95. The standard InChI is InChI=1S/C13H7Br2FN2/c14-8-4-7(5-9(15)6-8)13-17-11-3-1-2-10(16)12(11)18-13/h1-6H,(H,17,18). The smallest absolute Gasteiger partial charge is 0.151 e. The highest BCUT2D eigenvalue weighted by Crippen LogP contribution is 2.28. The molecule has 0 aliphatic carbocycles. The predicted octanol–water partition coefficient (Wildman–Crippen LogP) is 4.89. The molecule has 0 unspecified atom stereocenters. The zero-order chi connectivity index (χ0) is 12.7. The highest BCUT2D eigenvalue weighted by atomic mass is 79.9.